The highest BCUT2D eigenvalue weighted by Gasteiger charge is 2.34. The van der Waals surface area contributed by atoms with Crippen LogP contribution in [0.5, 0.6) is 0 Å². The third-order valence-electron chi connectivity index (χ3n) is 4.87. The predicted molar refractivity (Wildman–Crippen MR) is 83.0 cm³/mol. The Hall–Kier alpha value is -1.35. The molecule has 3 nitrogen and oxygen atoms in total. The molecule has 2 fully saturated rings. The van der Waals surface area contributed by atoms with E-state index in [4.69, 9.17) is 4.74 Å². The molecule has 1 aliphatic carbocycles. The molecular formula is C18H25NO2. The minimum Gasteiger partial charge on any atom is -0.370 e. The molecule has 114 valence electrons. The molecule has 1 aromatic rings. The van der Waals surface area contributed by atoms with Crippen LogP contribution in [0.1, 0.15) is 49.8 Å². The molecule has 1 saturated carbocycles. The third kappa shape index (κ3) is 3.13. The standard InChI is InChI=1S/C18H25NO2/c1-13-7-9-15(10-8-13)17-11-19(14(2)12-21-17)18(20)16-5-3-4-6-16/h7-10,14,16-17H,3-6,11-12H2,1-2H3. The summed E-state index contributed by atoms with van der Waals surface area (Å²) in [6, 6.07) is 8.65. The molecule has 1 amide bonds. The van der Waals surface area contributed by atoms with Crippen molar-refractivity contribution in [3.63, 3.8) is 0 Å². The van der Waals surface area contributed by atoms with E-state index in [0.29, 0.717) is 19.1 Å². The van der Waals surface area contributed by atoms with Crippen molar-refractivity contribution in [2.45, 2.75) is 51.7 Å². The minimum atomic E-state index is 0.0205. The second-order valence-electron chi connectivity index (χ2n) is 6.55. The fourth-order valence-electron chi connectivity index (χ4n) is 3.45. The topological polar surface area (TPSA) is 29.5 Å². The number of amides is 1. The maximum Gasteiger partial charge on any atom is 0.226 e. The molecular weight excluding hydrogens is 262 g/mol. The van der Waals surface area contributed by atoms with Crippen LogP contribution in [0.15, 0.2) is 24.3 Å². The zero-order chi connectivity index (χ0) is 14.8. The predicted octanol–water partition coefficient (Wildman–Crippen LogP) is 3.47. The van der Waals surface area contributed by atoms with E-state index in [0.717, 1.165) is 12.8 Å². The van der Waals surface area contributed by atoms with Crippen molar-refractivity contribution >= 4 is 5.91 Å². The van der Waals surface area contributed by atoms with Crippen LogP contribution in [-0.4, -0.2) is 30.0 Å². The van der Waals surface area contributed by atoms with Crippen molar-refractivity contribution < 1.29 is 9.53 Å². The molecule has 0 N–H and O–H groups in total. The Kier molecular flexibility index (Phi) is 4.29. The van der Waals surface area contributed by atoms with Gasteiger partial charge in [-0.2, -0.15) is 0 Å². The largest absolute Gasteiger partial charge is 0.370 e. The fraction of sp³-hybridized carbons (Fsp3) is 0.611. The number of benzene rings is 1. The maximum atomic E-state index is 12.7. The number of carbonyl (C=O) groups excluding carboxylic acids is 1. The van der Waals surface area contributed by atoms with Crippen LogP contribution in [-0.2, 0) is 9.53 Å². The second-order valence-corrected chi connectivity index (χ2v) is 6.55. The van der Waals surface area contributed by atoms with E-state index in [2.05, 4.69) is 43.0 Å². The van der Waals surface area contributed by atoms with E-state index >= 15 is 0 Å². The first-order chi connectivity index (χ1) is 10.1. The zero-order valence-electron chi connectivity index (χ0n) is 13.0. The smallest absolute Gasteiger partial charge is 0.226 e. The van der Waals surface area contributed by atoms with Crippen LogP contribution >= 0.6 is 0 Å². The monoisotopic (exact) mass is 287 g/mol. The van der Waals surface area contributed by atoms with Crippen molar-refractivity contribution in [3.8, 4) is 0 Å². The second kappa shape index (κ2) is 6.18. The molecule has 2 atom stereocenters. The molecule has 1 aliphatic heterocycles. The number of hydrogen-bond donors (Lipinski definition) is 0. The highest BCUT2D eigenvalue weighted by Crippen LogP contribution is 2.31. The van der Waals surface area contributed by atoms with E-state index in [1.165, 1.54) is 24.0 Å². The first-order valence-electron chi connectivity index (χ1n) is 8.14. The van der Waals surface area contributed by atoms with Crippen LogP contribution in [0, 0.1) is 12.8 Å². The van der Waals surface area contributed by atoms with Gasteiger partial charge in [0.25, 0.3) is 0 Å². The summed E-state index contributed by atoms with van der Waals surface area (Å²) < 4.78 is 5.97. The number of nitrogens with zero attached hydrogens (tertiary/aromatic N) is 1. The van der Waals surface area contributed by atoms with Gasteiger partial charge < -0.3 is 9.64 Å². The lowest BCUT2D eigenvalue weighted by molar-refractivity contribution is -0.148. The fourth-order valence-corrected chi connectivity index (χ4v) is 3.45. The maximum absolute atomic E-state index is 12.7. The molecule has 3 heteroatoms. The highest BCUT2D eigenvalue weighted by molar-refractivity contribution is 5.79. The minimum absolute atomic E-state index is 0.0205. The molecule has 3 rings (SSSR count). The molecule has 1 saturated heterocycles. The van der Waals surface area contributed by atoms with E-state index in [-0.39, 0.29) is 18.1 Å². The lowest BCUT2D eigenvalue weighted by Crippen LogP contribution is -2.50. The molecule has 2 aliphatic rings. The van der Waals surface area contributed by atoms with Gasteiger partial charge >= 0.3 is 0 Å². The number of hydrogen-bond acceptors (Lipinski definition) is 2. The summed E-state index contributed by atoms with van der Waals surface area (Å²) in [7, 11) is 0. The molecule has 1 aromatic carbocycles. The Labute approximate surface area is 127 Å². The van der Waals surface area contributed by atoms with Crippen LogP contribution < -0.4 is 0 Å². The van der Waals surface area contributed by atoms with Crippen molar-refractivity contribution in [1.82, 2.24) is 4.90 Å². The van der Waals surface area contributed by atoms with E-state index < -0.39 is 0 Å². The van der Waals surface area contributed by atoms with Gasteiger partial charge in [0.1, 0.15) is 6.10 Å². The van der Waals surface area contributed by atoms with Crippen LogP contribution in [0.25, 0.3) is 0 Å². The Morgan fingerprint density at radius 1 is 1.19 bits per heavy atom. The number of carbonyl (C=O) groups is 1. The SMILES string of the molecule is Cc1ccc(C2CN(C(=O)C3CCCC3)C(C)CO2)cc1. The van der Waals surface area contributed by atoms with Crippen molar-refractivity contribution in [2.75, 3.05) is 13.2 Å². The molecule has 2 unspecified atom stereocenters. The average molecular weight is 287 g/mol. The van der Waals surface area contributed by atoms with Crippen molar-refractivity contribution in [3.05, 3.63) is 35.4 Å². The highest BCUT2D eigenvalue weighted by atomic mass is 16.5. The zero-order valence-corrected chi connectivity index (χ0v) is 13.0. The normalized spacial score (nSPS) is 27.0. The summed E-state index contributed by atoms with van der Waals surface area (Å²) >= 11 is 0. The molecule has 0 aromatic heterocycles. The van der Waals surface area contributed by atoms with E-state index in [1.807, 2.05) is 0 Å². The summed E-state index contributed by atoms with van der Waals surface area (Å²) in [6.07, 6.45) is 4.57. The lowest BCUT2D eigenvalue weighted by atomic mass is 10.0. The first kappa shape index (κ1) is 14.6. The first-order valence-corrected chi connectivity index (χ1v) is 8.14. The van der Waals surface area contributed by atoms with Gasteiger partial charge in [0.2, 0.25) is 5.91 Å². The Morgan fingerprint density at radius 3 is 2.52 bits per heavy atom. The van der Waals surface area contributed by atoms with Crippen LogP contribution in [0.4, 0.5) is 0 Å². The summed E-state index contributed by atoms with van der Waals surface area (Å²) in [4.78, 5) is 14.8. The van der Waals surface area contributed by atoms with Gasteiger partial charge in [-0.25, -0.2) is 0 Å². The van der Waals surface area contributed by atoms with Gasteiger partial charge in [0, 0.05) is 5.92 Å². The van der Waals surface area contributed by atoms with E-state index in [9.17, 15) is 4.79 Å². The number of ether oxygens (including phenoxy) is 1. The Balaban J connectivity index is 1.71. The van der Waals surface area contributed by atoms with Crippen molar-refractivity contribution in [1.29, 1.82) is 0 Å². The molecule has 0 bridgehead atoms. The van der Waals surface area contributed by atoms with Gasteiger partial charge in [-0.15, -0.1) is 0 Å². The molecule has 0 radical (unpaired) electrons. The van der Waals surface area contributed by atoms with Gasteiger partial charge in [-0.05, 0) is 32.3 Å². The van der Waals surface area contributed by atoms with Gasteiger partial charge in [0.15, 0.2) is 0 Å². The van der Waals surface area contributed by atoms with Crippen molar-refractivity contribution in [2.24, 2.45) is 5.92 Å². The average Bonchev–Trinajstić information content (AvgIpc) is 3.02. The Morgan fingerprint density at radius 2 is 1.86 bits per heavy atom. The van der Waals surface area contributed by atoms with Gasteiger partial charge in [0.05, 0.1) is 19.2 Å². The van der Waals surface area contributed by atoms with E-state index in [1.54, 1.807) is 0 Å². The van der Waals surface area contributed by atoms with Gasteiger partial charge in [-0.3, -0.25) is 4.79 Å². The lowest BCUT2D eigenvalue weighted by Gasteiger charge is -2.39. The number of aryl methyl sites for hydroxylation is 1. The van der Waals surface area contributed by atoms with Crippen LogP contribution in [0.3, 0.4) is 0 Å². The summed E-state index contributed by atoms with van der Waals surface area (Å²) in [6.45, 7) is 5.51. The summed E-state index contributed by atoms with van der Waals surface area (Å²) in [5.74, 6) is 0.602. The van der Waals surface area contributed by atoms with Crippen LogP contribution in [0.2, 0.25) is 0 Å². The summed E-state index contributed by atoms with van der Waals surface area (Å²) in [5, 5.41) is 0. The Bertz CT molecular complexity index is 490. The molecule has 21 heavy (non-hydrogen) atoms. The molecule has 1 heterocycles. The molecule has 0 spiro atoms. The number of rotatable bonds is 2. The van der Waals surface area contributed by atoms with Gasteiger partial charge in [-0.1, -0.05) is 42.7 Å². The third-order valence-corrected chi connectivity index (χ3v) is 4.87. The number of morpholine rings is 1. The quantitative estimate of drug-likeness (QED) is 0.833. The summed E-state index contributed by atoms with van der Waals surface area (Å²) in [5.41, 5.74) is 2.43.